The minimum absolute atomic E-state index is 0.0805. The number of piperidine rings is 1. The van der Waals surface area contributed by atoms with Crippen LogP contribution in [0.2, 0.25) is 0 Å². The number of rotatable bonds is 3. The molecule has 1 aliphatic rings. The molecule has 0 bridgehead atoms. The van der Waals surface area contributed by atoms with E-state index in [1.165, 1.54) is 22.5 Å². The highest BCUT2D eigenvalue weighted by Gasteiger charge is 2.32. The molecule has 0 saturated carbocycles. The third kappa shape index (κ3) is 3.13. The van der Waals surface area contributed by atoms with Gasteiger partial charge in [0.2, 0.25) is 21.8 Å². The van der Waals surface area contributed by atoms with Gasteiger partial charge in [-0.25, -0.2) is 12.8 Å². The Morgan fingerprint density at radius 3 is 2.48 bits per heavy atom. The van der Waals surface area contributed by atoms with Gasteiger partial charge >= 0.3 is 0 Å². The van der Waals surface area contributed by atoms with Gasteiger partial charge in [-0.15, -0.1) is 10.2 Å². The summed E-state index contributed by atoms with van der Waals surface area (Å²) in [4.78, 5) is 0.158. The van der Waals surface area contributed by atoms with E-state index in [1.807, 2.05) is 0 Å². The number of benzene rings is 1. The third-order valence-electron chi connectivity index (χ3n) is 4.10. The third-order valence-corrected chi connectivity index (χ3v) is 6.16. The number of hydrogen-bond donors (Lipinski definition) is 0. The summed E-state index contributed by atoms with van der Waals surface area (Å²) in [6, 6.07) is 3.74. The summed E-state index contributed by atoms with van der Waals surface area (Å²) in [6.45, 7) is 4.09. The molecule has 0 atom stereocenters. The second kappa shape index (κ2) is 6.01. The summed E-state index contributed by atoms with van der Waals surface area (Å²) in [5.74, 6) is 0.721. The monoisotopic (exact) mass is 339 g/mol. The van der Waals surface area contributed by atoms with E-state index in [-0.39, 0.29) is 10.8 Å². The van der Waals surface area contributed by atoms with Crippen LogP contribution in [0.25, 0.3) is 0 Å². The molecule has 8 heteroatoms. The lowest BCUT2D eigenvalue weighted by atomic mass is 9.98. The van der Waals surface area contributed by atoms with Crippen molar-refractivity contribution in [2.45, 2.75) is 37.5 Å². The summed E-state index contributed by atoms with van der Waals surface area (Å²) in [6.07, 6.45) is 1.25. The van der Waals surface area contributed by atoms with Gasteiger partial charge in [0.25, 0.3) is 0 Å². The topological polar surface area (TPSA) is 76.3 Å². The van der Waals surface area contributed by atoms with Crippen molar-refractivity contribution in [3.05, 3.63) is 41.4 Å². The fourth-order valence-corrected chi connectivity index (χ4v) is 4.54. The molecule has 1 aromatic carbocycles. The number of halogens is 1. The van der Waals surface area contributed by atoms with Crippen molar-refractivity contribution in [1.29, 1.82) is 0 Å². The van der Waals surface area contributed by atoms with Crippen molar-refractivity contribution in [2.24, 2.45) is 0 Å². The first-order valence-electron chi connectivity index (χ1n) is 7.44. The Bertz CT molecular complexity index is 811. The Labute approximate surface area is 134 Å². The van der Waals surface area contributed by atoms with Crippen LogP contribution in [-0.2, 0) is 10.0 Å². The molecule has 1 saturated heterocycles. The molecule has 1 aliphatic heterocycles. The first-order chi connectivity index (χ1) is 10.9. The van der Waals surface area contributed by atoms with Crippen LogP contribution in [-0.4, -0.2) is 36.0 Å². The zero-order valence-corrected chi connectivity index (χ0v) is 13.8. The molecule has 124 valence electrons. The summed E-state index contributed by atoms with van der Waals surface area (Å²) >= 11 is 0. The Morgan fingerprint density at radius 1 is 1.22 bits per heavy atom. The molecule has 0 amide bonds. The van der Waals surface area contributed by atoms with E-state index >= 15 is 0 Å². The summed E-state index contributed by atoms with van der Waals surface area (Å²) in [5.41, 5.74) is 0.416. The zero-order chi connectivity index (χ0) is 16.6. The van der Waals surface area contributed by atoms with Crippen molar-refractivity contribution >= 4 is 10.0 Å². The van der Waals surface area contributed by atoms with Crippen LogP contribution in [0.4, 0.5) is 4.39 Å². The molecule has 1 aromatic heterocycles. The molecule has 0 aliphatic carbocycles. The largest absolute Gasteiger partial charge is 0.425 e. The number of nitrogens with zero attached hydrogens (tertiary/aromatic N) is 3. The maximum Gasteiger partial charge on any atom is 0.243 e. The Kier molecular flexibility index (Phi) is 4.20. The van der Waals surface area contributed by atoms with Crippen LogP contribution < -0.4 is 0 Å². The number of aromatic nitrogens is 2. The van der Waals surface area contributed by atoms with Gasteiger partial charge in [-0.2, -0.15) is 4.31 Å². The van der Waals surface area contributed by atoms with Crippen LogP contribution >= 0.6 is 0 Å². The minimum Gasteiger partial charge on any atom is -0.425 e. The molecule has 2 aromatic rings. The molecular weight excluding hydrogens is 321 g/mol. The fourth-order valence-electron chi connectivity index (χ4n) is 2.86. The highest BCUT2D eigenvalue weighted by molar-refractivity contribution is 7.89. The fraction of sp³-hybridized carbons (Fsp3) is 0.467. The van der Waals surface area contributed by atoms with E-state index in [0.717, 1.165) is 0 Å². The normalized spacial score (nSPS) is 17.5. The Hall–Kier alpha value is -1.80. The highest BCUT2D eigenvalue weighted by atomic mass is 32.2. The van der Waals surface area contributed by atoms with Gasteiger partial charge in [0.1, 0.15) is 5.82 Å². The SMILES string of the molecule is Cc1nnc(C2CCN(S(=O)(=O)c3ccc(F)cc3C)CC2)o1. The van der Waals surface area contributed by atoms with E-state index in [2.05, 4.69) is 10.2 Å². The molecule has 1 fully saturated rings. The van der Waals surface area contributed by atoms with Crippen LogP contribution in [0.15, 0.2) is 27.5 Å². The van der Waals surface area contributed by atoms with Crippen LogP contribution in [0.5, 0.6) is 0 Å². The second-order valence-corrected chi connectivity index (χ2v) is 7.65. The molecule has 0 unspecified atom stereocenters. The minimum atomic E-state index is -3.61. The summed E-state index contributed by atoms with van der Waals surface area (Å²) < 4.78 is 45.5. The maximum absolute atomic E-state index is 13.2. The zero-order valence-electron chi connectivity index (χ0n) is 13.0. The summed E-state index contributed by atoms with van der Waals surface area (Å²) in [7, 11) is -3.61. The van der Waals surface area contributed by atoms with Crippen molar-refractivity contribution in [2.75, 3.05) is 13.1 Å². The van der Waals surface area contributed by atoms with Crippen LogP contribution in [0.1, 0.15) is 36.1 Å². The maximum atomic E-state index is 13.2. The lowest BCUT2D eigenvalue weighted by Gasteiger charge is -2.30. The number of aryl methyl sites for hydroxylation is 2. The quantitative estimate of drug-likeness (QED) is 0.858. The number of hydrogen-bond acceptors (Lipinski definition) is 5. The van der Waals surface area contributed by atoms with Gasteiger partial charge in [-0.05, 0) is 43.5 Å². The van der Waals surface area contributed by atoms with Gasteiger partial charge in [-0.3, -0.25) is 0 Å². The molecule has 0 N–H and O–H groups in total. The van der Waals surface area contributed by atoms with Crippen molar-refractivity contribution in [3.63, 3.8) is 0 Å². The average Bonchev–Trinajstić information content (AvgIpc) is 2.93. The van der Waals surface area contributed by atoms with E-state index in [0.29, 0.717) is 43.3 Å². The lowest BCUT2D eigenvalue weighted by molar-refractivity contribution is 0.287. The molecule has 3 rings (SSSR count). The van der Waals surface area contributed by atoms with Gasteiger partial charge in [0.05, 0.1) is 4.90 Å². The molecule has 23 heavy (non-hydrogen) atoms. The number of sulfonamides is 1. The van der Waals surface area contributed by atoms with E-state index in [4.69, 9.17) is 4.42 Å². The molecule has 6 nitrogen and oxygen atoms in total. The van der Waals surface area contributed by atoms with Gasteiger partial charge < -0.3 is 4.42 Å². The first-order valence-corrected chi connectivity index (χ1v) is 8.88. The van der Waals surface area contributed by atoms with Crippen molar-refractivity contribution < 1.29 is 17.2 Å². The van der Waals surface area contributed by atoms with Gasteiger partial charge in [0.15, 0.2) is 0 Å². The van der Waals surface area contributed by atoms with Crippen LogP contribution in [0, 0.1) is 19.7 Å². The van der Waals surface area contributed by atoms with E-state index < -0.39 is 15.8 Å². The van der Waals surface area contributed by atoms with Crippen molar-refractivity contribution in [3.8, 4) is 0 Å². The van der Waals surface area contributed by atoms with Crippen molar-refractivity contribution in [1.82, 2.24) is 14.5 Å². The van der Waals surface area contributed by atoms with Crippen LogP contribution in [0.3, 0.4) is 0 Å². The second-order valence-electron chi connectivity index (χ2n) is 5.75. The Balaban J connectivity index is 1.76. The lowest BCUT2D eigenvalue weighted by Crippen LogP contribution is -2.38. The molecule has 0 radical (unpaired) electrons. The first kappa shape index (κ1) is 16.1. The van der Waals surface area contributed by atoms with Gasteiger partial charge in [-0.1, -0.05) is 0 Å². The molecule has 2 heterocycles. The van der Waals surface area contributed by atoms with Gasteiger partial charge in [0, 0.05) is 25.9 Å². The average molecular weight is 339 g/mol. The standard InChI is InChI=1S/C15H18FN3O3S/c1-10-9-13(16)3-4-14(10)23(20,21)19-7-5-12(6-8-19)15-18-17-11(2)22-15/h3-4,9,12H,5-8H2,1-2H3. The predicted octanol–water partition coefficient (Wildman–Crippen LogP) is 2.39. The smallest absolute Gasteiger partial charge is 0.243 e. The summed E-state index contributed by atoms with van der Waals surface area (Å²) in [5, 5.41) is 7.83. The highest BCUT2D eigenvalue weighted by Crippen LogP contribution is 2.30. The van der Waals surface area contributed by atoms with E-state index in [1.54, 1.807) is 13.8 Å². The molecular formula is C15H18FN3O3S. The van der Waals surface area contributed by atoms with E-state index in [9.17, 15) is 12.8 Å². The Morgan fingerprint density at radius 2 is 1.91 bits per heavy atom. The molecule has 0 spiro atoms. The predicted molar refractivity (Wildman–Crippen MR) is 80.9 cm³/mol.